The molecule has 3 rings (SSSR count). The van der Waals surface area contributed by atoms with Crippen LogP contribution in [0.5, 0.6) is 0 Å². The minimum absolute atomic E-state index is 0.0855. The van der Waals surface area contributed by atoms with Crippen LogP contribution in [0.25, 0.3) is 11.5 Å². The van der Waals surface area contributed by atoms with Crippen LogP contribution in [0.15, 0.2) is 30.5 Å². The minimum Gasteiger partial charge on any atom is -0.393 e. The third-order valence-corrected chi connectivity index (χ3v) is 4.03. The maximum absolute atomic E-state index is 13.3. The zero-order valence-corrected chi connectivity index (χ0v) is 14.1. The van der Waals surface area contributed by atoms with Crippen LogP contribution in [0, 0.1) is 0 Å². The van der Waals surface area contributed by atoms with E-state index in [9.17, 15) is 18.3 Å². The monoisotopic (exact) mass is 368 g/mol. The first-order chi connectivity index (χ1) is 12.3. The Morgan fingerprint density at radius 3 is 2.81 bits per heavy atom. The molecule has 3 heterocycles. The molecule has 26 heavy (non-hydrogen) atoms. The number of pyridine rings is 1. The highest BCUT2D eigenvalue weighted by Crippen LogP contribution is 2.32. The van der Waals surface area contributed by atoms with Crippen LogP contribution >= 0.6 is 0 Å². The third-order valence-electron chi connectivity index (χ3n) is 4.03. The number of anilines is 1. The van der Waals surface area contributed by atoms with Gasteiger partial charge < -0.3 is 14.7 Å². The summed E-state index contributed by atoms with van der Waals surface area (Å²) in [6, 6.07) is 5.56. The Bertz CT molecular complexity index is 741. The number of halogens is 3. The second-order valence-corrected chi connectivity index (χ2v) is 6.15. The topological polar surface area (TPSA) is 71.4 Å². The Balaban J connectivity index is 2.05. The summed E-state index contributed by atoms with van der Waals surface area (Å²) in [6.45, 7) is 2.70. The number of hydrogen-bond acceptors (Lipinski definition) is 6. The van der Waals surface area contributed by atoms with Gasteiger partial charge in [0.05, 0.1) is 25.4 Å². The number of morpholine rings is 1. The van der Waals surface area contributed by atoms with Gasteiger partial charge in [-0.05, 0) is 25.5 Å². The first kappa shape index (κ1) is 18.5. The van der Waals surface area contributed by atoms with E-state index < -0.39 is 18.0 Å². The van der Waals surface area contributed by atoms with Crippen molar-refractivity contribution in [1.82, 2.24) is 15.0 Å². The number of aliphatic hydroxyl groups excluding tert-OH is 1. The first-order valence-electron chi connectivity index (χ1n) is 8.24. The van der Waals surface area contributed by atoms with Gasteiger partial charge in [-0.1, -0.05) is 6.07 Å². The van der Waals surface area contributed by atoms with E-state index in [0.29, 0.717) is 26.2 Å². The van der Waals surface area contributed by atoms with Crippen molar-refractivity contribution in [1.29, 1.82) is 0 Å². The van der Waals surface area contributed by atoms with Gasteiger partial charge in [-0.3, -0.25) is 4.98 Å². The van der Waals surface area contributed by atoms with E-state index in [1.807, 2.05) is 0 Å². The number of aliphatic hydroxyl groups is 1. The lowest BCUT2D eigenvalue weighted by Crippen LogP contribution is -2.47. The highest BCUT2D eigenvalue weighted by Gasteiger charge is 2.35. The van der Waals surface area contributed by atoms with Gasteiger partial charge in [0.2, 0.25) is 0 Å². The van der Waals surface area contributed by atoms with Gasteiger partial charge in [-0.2, -0.15) is 13.2 Å². The van der Waals surface area contributed by atoms with Gasteiger partial charge in [0.1, 0.15) is 11.5 Å². The van der Waals surface area contributed by atoms with Crippen molar-refractivity contribution in [3.05, 3.63) is 36.2 Å². The van der Waals surface area contributed by atoms with Crippen molar-refractivity contribution in [2.24, 2.45) is 0 Å². The third kappa shape index (κ3) is 4.28. The van der Waals surface area contributed by atoms with E-state index in [1.54, 1.807) is 30.0 Å². The molecule has 0 aromatic carbocycles. The SMILES string of the molecule is CC(O)CC1COCCN1c1cc(C(F)(F)F)nc(-c2ccccn2)n1. The van der Waals surface area contributed by atoms with Gasteiger partial charge in [0.25, 0.3) is 0 Å². The van der Waals surface area contributed by atoms with Crippen molar-refractivity contribution in [3.8, 4) is 11.5 Å². The zero-order chi connectivity index (χ0) is 18.7. The number of alkyl halides is 3. The summed E-state index contributed by atoms with van der Waals surface area (Å²) >= 11 is 0. The number of ether oxygens (including phenoxy) is 1. The van der Waals surface area contributed by atoms with E-state index in [0.717, 1.165) is 6.07 Å². The fourth-order valence-electron chi connectivity index (χ4n) is 2.88. The summed E-state index contributed by atoms with van der Waals surface area (Å²) in [5.74, 6) is 0.0691. The summed E-state index contributed by atoms with van der Waals surface area (Å²) in [6.07, 6.45) is -3.37. The highest BCUT2D eigenvalue weighted by molar-refractivity contribution is 5.54. The molecule has 1 N–H and O–H groups in total. The standard InChI is InChI=1S/C17H19F3N4O2/c1-11(25)8-12-10-26-7-6-24(12)15-9-14(17(18,19)20)22-16(23-15)13-4-2-3-5-21-13/h2-5,9,11-12,25H,6-8,10H2,1H3. The average Bonchev–Trinajstić information content (AvgIpc) is 2.61. The molecule has 9 heteroatoms. The molecular formula is C17H19F3N4O2. The molecule has 2 aromatic rings. The molecule has 0 bridgehead atoms. The van der Waals surface area contributed by atoms with Gasteiger partial charge >= 0.3 is 6.18 Å². The molecule has 0 amide bonds. The van der Waals surface area contributed by atoms with Crippen molar-refractivity contribution in [2.45, 2.75) is 31.7 Å². The van der Waals surface area contributed by atoms with Gasteiger partial charge in [-0.25, -0.2) is 9.97 Å². The van der Waals surface area contributed by atoms with Crippen LogP contribution < -0.4 is 4.90 Å². The molecule has 0 aliphatic carbocycles. The van der Waals surface area contributed by atoms with Crippen LogP contribution in [0.3, 0.4) is 0 Å². The van der Waals surface area contributed by atoms with E-state index in [1.165, 1.54) is 6.20 Å². The second-order valence-electron chi connectivity index (χ2n) is 6.15. The molecule has 2 aromatic heterocycles. The molecule has 0 spiro atoms. The average molecular weight is 368 g/mol. The molecular weight excluding hydrogens is 349 g/mol. The van der Waals surface area contributed by atoms with Crippen LogP contribution in [0.2, 0.25) is 0 Å². The number of aromatic nitrogens is 3. The minimum atomic E-state index is -4.60. The van der Waals surface area contributed by atoms with Gasteiger partial charge in [0, 0.05) is 18.8 Å². The molecule has 0 radical (unpaired) electrons. The summed E-state index contributed by atoms with van der Waals surface area (Å²) in [5, 5.41) is 9.68. The molecule has 1 aliphatic rings. The first-order valence-corrected chi connectivity index (χ1v) is 8.24. The van der Waals surface area contributed by atoms with Crippen molar-refractivity contribution in [2.75, 3.05) is 24.7 Å². The molecule has 0 saturated carbocycles. The number of nitrogens with zero attached hydrogens (tertiary/aromatic N) is 4. The normalized spacial score (nSPS) is 19.4. The lowest BCUT2D eigenvalue weighted by molar-refractivity contribution is -0.141. The van der Waals surface area contributed by atoms with E-state index in [-0.39, 0.29) is 23.4 Å². The Morgan fingerprint density at radius 1 is 1.35 bits per heavy atom. The Kier molecular flexibility index (Phi) is 5.38. The van der Waals surface area contributed by atoms with Crippen molar-refractivity contribution >= 4 is 5.82 Å². The largest absolute Gasteiger partial charge is 0.433 e. The van der Waals surface area contributed by atoms with Crippen molar-refractivity contribution < 1.29 is 23.0 Å². The number of hydrogen-bond donors (Lipinski definition) is 1. The summed E-state index contributed by atoms with van der Waals surface area (Å²) in [5.41, 5.74) is -0.759. The lowest BCUT2D eigenvalue weighted by Gasteiger charge is -2.37. The molecule has 6 nitrogen and oxygen atoms in total. The van der Waals surface area contributed by atoms with Crippen LogP contribution in [0.1, 0.15) is 19.0 Å². The molecule has 1 saturated heterocycles. The predicted octanol–water partition coefficient (Wildman–Crippen LogP) is 2.53. The molecule has 140 valence electrons. The van der Waals surface area contributed by atoms with E-state index >= 15 is 0 Å². The quantitative estimate of drug-likeness (QED) is 0.894. The smallest absolute Gasteiger partial charge is 0.393 e. The molecule has 1 aliphatic heterocycles. The summed E-state index contributed by atoms with van der Waals surface area (Å²) < 4.78 is 45.4. The Hall–Kier alpha value is -2.26. The summed E-state index contributed by atoms with van der Waals surface area (Å²) in [7, 11) is 0. The predicted molar refractivity (Wildman–Crippen MR) is 88.5 cm³/mol. The Labute approximate surface area is 148 Å². The van der Waals surface area contributed by atoms with Gasteiger partial charge in [-0.15, -0.1) is 0 Å². The van der Waals surface area contributed by atoms with E-state index in [4.69, 9.17) is 4.74 Å². The Morgan fingerprint density at radius 2 is 2.15 bits per heavy atom. The second kappa shape index (κ2) is 7.55. The lowest BCUT2D eigenvalue weighted by atomic mass is 10.1. The molecule has 2 unspecified atom stereocenters. The maximum Gasteiger partial charge on any atom is 0.433 e. The summed E-state index contributed by atoms with van der Waals surface area (Å²) in [4.78, 5) is 13.7. The van der Waals surface area contributed by atoms with Crippen molar-refractivity contribution in [3.63, 3.8) is 0 Å². The highest BCUT2D eigenvalue weighted by atomic mass is 19.4. The van der Waals surface area contributed by atoms with E-state index in [2.05, 4.69) is 15.0 Å². The van der Waals surface area contributed by atoms with Crippen LogP contribution in [-0.2, 0) is 10.9 Å². The van der Waals surface area contributed by atoms with Gasteiger partial charge in [0.15, 0.2) is 11.5 Å². The maximum atomic E-state index is 13.3. The fraction of sp³-hybridized carbons (Fsp3) is 0.471. The zero-order valence-electron chi connectivity index (χ0n) is 14.1. The van der Waals surface area contributed by atoms with Crippen LogP contribution in [0.4, 0.5) is 19.0 Å². The number of rotatable bonds is 4. The fourth-order valence-corrected chi connectivity index (χ4v) is 2.88. The molecule has 1 fully saturated rings. The molecule has 2 atom stereocenters. The van der Waals surface area contributed by atoms with Crippen LogP contribution in [-0.4, -0.2) is 52.0 Å².